The third-order valence-electron chi connectivity index (χ3n) is 6.73. The minimum atomic E-state index is -0.306. The second-order valence-electron chi connectivity index (χ2n) is 9.03. The molecule has 4 nitrogen and oxygen atoms in total. The summed E-state index contributed by atoms with van der Waals surface area (Å²) in [6, 6.07) is 7.21. The van der Waals surface area contributed by atoms with Crippen LogP contribution in [0.25, 0.3) is 0 Å². The van der Waals surface area contributed by atoms with E-state index in [1.165, 1.54) is 37.8 Å². The number of nitrogens with zero attached hydrogens (tertiary/aromatic N) is 1. The first-order chi connectivity index (χ1) is 12.4. The molecule has 26 heavy (non-hydrogen) atoms. The minimum Gasteiger partial charge on any atom is -0.492 e. The van der Waals surface area contributed by atoms with Crippen molar-refractivity contribution in [2.75, 3.05) is 19.7 Å². The molecule has 5 heteroatoms. The Hall–Kier alpha value is -1.04. The highest BCUT2D eigenvalue weighted by Crippen LogP contribution is 2.37. The number of fused-ring (bicyclic) bond motifs is 2. The summed E-state index contributed by atoms with van der Waals surface area (Å²) in [4.78, 5) is 2.61. The van der Waals surface area contributed by atoms with E-state index in [0.29, 0.717) is 0 Å². The fraction of sp³-hybridized carbons (Fsp3) is 0.714. The largest absolute Gasteiger partial charge is 0.494 e. The smallest absolute Gasteiger partial charge is 0.492 e. The maximum Gasteiger partial charge on any atom is 0.494 e. The van der Waals surface area contributed by atoms with Gasteiger partial charge in [0.25, 0.3) is 0 Å². The van der Waals surface area contributed by atoms with Crippen LogP contribution in [-0.2, 0) is 15.7 Å². The van der Waals surface area contributed by atoms with E-state index in [1.54, 1.807) is 0 Å². The zero-order chi connectivity index (χ0) is 18.4. The van der Waals surface area contributed by atoms with E-state index < -0.39 is 0 Å². The molecule has 142 valence electrons. The van der Waals surface area contributed by atoms with Gasteiger partial charge in [0.05, 0.1) is 11.2 Å². The van der Waals surface area contributed by atoms with Gasteiger partial charge in [-0.3, -0.25) is 4.90 Å². The van der Waals surface area contributed by atoms with Crippen molar-refractivity contribution in [3.05, 3.63) is 23.8 Å². The van der Waals surface area contributed by atoms with Gasteiger partial charge in [0.1, 0.15) is 12.4 Å². The summed E-state index contributed by atoms with van der Waals surface area (Å²) in [5, 5.41) is 0. The molecule has 1 atom stereocenters. The molecule has 1 aromatic carbocycles. The fourth-order valence-corrected chi connectivity index (χ4v) is 4.38. The molecule has 1 aromatic rings. The standard InChI is InChI=1S/C21H32BNO3/c1-20(2)21(3,4)26-22(25-20)17-10-11-19-16(15-17)7-5-8-18-9-6-12-23(18)13-14-24-19/h10-11,15,18H,5-9,12-14H2,1-4H3. The monoisotopic (exact) mass is 357 g/mol. The molecule has 3 aliphatic heterocycles. The second-order valence-corrected chi connectivity index (χ2v) is 9.03. The SMILES string of the molecule is CC1(C)OB(c2ccc3c(c2)CCCC2CCCN2CCO3)OC1(C)C. The Labute approximate surface area is 158 Å². The van der Waals surface area contributed by atoms with Crippen LogP contribution in [0.1, 0.15) is 58.9 Å². The van der Waals surface area contributed by atoms with Gasteiger partial charge in [0.15, 0.2) is 0 Å². The Kier molecular flexibility index (Phi) is 4.83. The van der Waals surface area contributed by atoms with Gasteiger partial charge in [0.2, 0.25) is 0 Å². The summed E-state index contributed by atoms with van der Waals surface area (Å²) in [5.74, 6) is 1.03. The molecule has 3 aliphatic rings. The highest BCUT2D eigenvalue weighted by atomic mass is 16.7. The van der Waals surface area contributed by atoms with Crippen LogP contribution in [0.2, 0.25) is 0 Å². The molecule has 2 fully saturated rings. The van der Waals surface area contributed by atoms with Crippen molar-refractivity contribution in [1.29, 1.82) is 0 Å². The van der Waals surface area contributed by atoms with E-state index in [1.807, 2.05) is 0 Å². The number of aryl methyl sites for hydroxylation is 1. The fourth-order valence-electron chi connectivity index (χ4n) is 4.38. The minimum absolute atomic E-state index is 0.300. The molecule has 1 unspecified atom stereocenters. The maximum atomic E-state index is 6.23. The summed E-state index contributed by atoms with van der Waals surface area (Å²) in [6.07, 6.45) is 6.25. The van der Waals surface area contributed by atoms with Gasteiger partial charge in [-0.1, -0.05) is 12.1 Å². The van der Waals surface area contributed by atoms with Crippen LogP contribution in [0.4, 0.5) is 0 Å². The van der Waals surface area contributed by atoms with E-state index in [9.17, 15) is 0 Å². The van der Waals surface area contributed by atoms with E-state index in [-0.39, 0.29) is 18.3 Å². The first-order valence-electron chi connectivity index (χ1n) is 10.2. The normalized spacial score (nSPS) is 28.3. The Morgan fingerprint density at radius 2 is 1.73 bits per heavy atom. The Balaban J connectivity index is 1.53. The lowest BCUT2D eigenvalue weighted by molar-refractivity contribution is 0.00578. The lowest BCUT2D eigenvalue weighted by atomic mass is 9.78. The van der Waals surface area contributed by atoms with Crippen molar-refractivity contribution in [2.24, 2.45) is 0 Å². The number of ether oxygens (including phenoxy) is 1. The highest BCUT2D eigenvalue weighted by Gasteiger charge is 2.51. The summed E-state index contributed by atoms with van der Waals surface area (Å²) < 4.78 is 18.6. The van der Waals surface area contributed by atoms with Crippen LogP contribution >= 0.6 is 0 Å². The molecule has 0 spiro atoms. The third-order valence-corrected chi connectivity index (χ3v) is 6.73. The Morgan fingerprint density at radius 3 is 2.50 bits per heavy atom. The molecule has 0 N–H and O–H groups in total. The molecule has 0 saturated carbocycles. The van der Waals surface area contributed by atoms with Crippen molar-refractivity contribution >= 4 is 12.6 Å². The average molecular weight is 357 g/mol. The van der Waals surface area contributed by atoms with Crippen molar-refractivity contribution in [2.45, 2.75) is 77.0 Å². The van der Waals surface area contributed by atoms with E-state index in [4.69, 9.17) is 14.0 Å². The topological polar surface area (TPSA) is 30.9 Å². The van der Waals surface area contributed by atoms with E-state index >= 15 is 0 Å². The van der Waals surface area contributed by atoms with E-state index in [0.717, 1.165) is 36.8 Å². The zero-order valence-electron chi connectivity index (χ0n) is 16.7. The van der Waals surface area contributed by atoms with Crippen molar-refractivity contribution in [1.82, 2.24) is 4.90 Å². The summed E-state index contributed by atoms with van der Waals surface area (Å²) in [6.45, 7) is 11.5. The molecular weight excluding hydrogens is 325 g/mol. The van der Waals surface area contributed by atoms with Crippen LogP contribution in [0.15, 0.2) is 18.2 Å². The Morgan fingerprint density at radius 1 is 1.00 bits per heavy atom. The zero-order valence-corrected chi connectivity index (χ0v) is 16.7. The lowest BCUT2D eigenvalue weighted by Crippen LogP contribution is -2.41. The van der Waals surface area contributed by atoms with E-state index in [2.05, 4.69) is 50.8 Å². The maximum absolute atomic E-state index is 6.23. The average Bonchev–Trinajstić information content (AvgIpc) is 3.11. The number of rotatable bonds is 1. The summed E-state index contributed by atoms with van der Waals surface area (Å²) in [7, 11) is -0.300. The highest BCUT2D eigenvalue weighted by molar-refractivity contribution is 6.62. The molecule has 0 radical (unpaired) electrons. The predicted molar refractivity (Wildman–Crippen MR) is 105 cm³/mol. The van der Waals surface area contributed by atoms with Crippen LogP contribution in [-0.4, -0.2) is 49.0 Å². The number of benzene rings is 1. The second kappa shape index (κ2) is 6.85. The van der Waals surface area contributed by atoms with Crippen LogP contribution < -0.4 is 10.2 Å². The molecule has 0 amide bonds. The van der Waals surface area contributed by atoms with Crippen LogP contribution in [0.3, 0.4) is 0 Å². The van der Waals surface area contributed by atoms with Gasteiger partial charge in [0, 0.05) is 12.6 Å². The number of hydrogen-bond donors (Lipinski definition) is 0. The molecule has 0 aliphatic carbocycles. The first-order valence-corrected chi connectivity index (χ1v) is 10.2. The van der Waals surface area contributed by atoms with Crippen LogP contribution in [0, 0.1) is 0 Å². The predicted octanol–water partition coefficient (Wildman–Crippen LogP) is 3.17. The molecule has 0 bridgehead atoms. The molecular formula is C21H32BNO3. The molecule has 3 heterocycles. The molecule has 2 saturated heterocycles. The summed E-state index contributed by atoms with van der Waals surface area (Å²) >= 11 is 0. The Bertz CT molecular complexity index is 645. The molecule has 0 aromatic heterocycles. The summed E-state index contributed by atoms with van der Waals surface area (Å²) in [5.41, 5.74) is 1.79. The third kappa shape index (κ3) is 3.41. The van der Waals surface area contributed by atoms with Crippen molar-refractivity contribution in [3.63, 3.8) is 0 Å². The van der Waals surface area contributed by atoms with Gasteiger partial charge in [-0.15, -0.1) is 0 Å². The van der Waals surface area contributed by atoms with Gasteiger partial charge in [-0.25, -0.2) is 0 Å². The van der Waals surface area contributed by atoms with Gasteiger partial charge in [-0.2, -0.15) is 0 Å². The van der Waals surface area contributed by atoms with Crippen molar-refractivity contribution < 1.29 is 14.0 Å². The first kappa shape index (κ1) is 18.3. The quantitative estimate of drug-likeness (QED) is 0.723. The van der Waals surface area contributed by atoms with Gasteiger partial charge < -0.3 is 14.0 Å². The molecule has 4 rings (SSSR count). The van der Waals surface area contributed by atoms with Gasteiger partial charge >= 0.3 is 7.12 Å². The van der Waals surface area contributed by atoms with Gasteiger partial charge in [-0.05, 0) is 83.4 Å². The number of hydrogen-bond acceptors (Lipinski definition) is 4. The van der Waals surface area contributed by atoms with Crippen LogP contribution in [0.5, 0.6) is 5.75 Å². The van der Waals surface area contributed by atoms with Crippen molar-refractivity contribution in [3.8, 4) is 5.75 Å². The lowest BCUT2D eigenvalue weighted by Gasteiger charge is -2.32.